The van der Waals surface area contributed by atoms with E-state index in [1.165, 1.54) is 20.1 Å². The molecule has 8 nitrogen and oxygen atoms in total. The Balaban J connectivity index is 2.25. The van der Waals surface area contributed by atoms with Crippen LogP contribution in [0.1, 0.15) is 13.8 Å². The fourth-order valence-corrected chi connectivity index (χ4v) is 3.60. The van der Waals surface area contributed by atoms with Crippen LogP contribution in [0.3, 0.4) is 0 Å². The van der Waals surface area contributed by atoms with Crippen LogP contribution in [0.5, 0.6) is 5.75 Å². The molecule has 3 rings (SSSR count). The Bertz CT molecular complexity index is 1140. The lowest BCUT2D eigenvalue weighted by Gasteiger charge is -2.08. The molecule has 0 saturated heterocycles. The van der Waals surface area contributed by atoms with E-state index in [0.29, 0.717) is 22.8 Å². The van der Waals surface area contributed by atoms with E-state index in [4.69, 9.17) is 4.74 Å². The van der Waals surface area contributed by atoms with Gasteiger partial charge in [0.15, 0.2) is 14.9 Å². The van der Waals surface area contributed by atoms with E-state index >= 15 is 0 Å². The molecule has 0 radical (unpaired) electrons. The highest BCUT2D eigenvalue weighted by atomic mass is 32.2. The number of nitrogens with zero attached hydrogens (tertiary/aromatic N) is 3. The largest absolute Gasteiger partial charge is 0.497 e. The number of anilines is 1. The van der Waals surface area contributed by atoms with Crippen molar-refractivity contribution in [3.05, 3.63) is 30.6 Å². The van der Waals surface area contributed by atoms with Crippen molar-refractivity contribution in [2.75, 3.05) is 18.2 Å². The molecule has 0 aliphatic rings. The summed E-state index contributed by atoms with van der Waals surface area (Å²) in [6, 6.07) is 4.83. The van der Waals surface area contributed by atoms with Gasteiger partial charge in [-0.2, -0.15) is 0 Å². The van der Waals surface area contributed by atoms with E-state index in [1.54, 1.807) is 25.3 Å². The van der Waals surface area contributed by atoms with E-state index in [2.05, 4.69) is 15.3 Å². The first-order chi connectivity index (χ1) is 12.7. The maximum Gasteiger partial charge on any atom is 0.222 e. The SMILES string of the molecule is CCS(=O)(=O)c1cc(OC)cc(-c2cn(C)c3cnc(NC(C)=O)cc23)n1. The lowest BCUT2D eigenvalue weighted by atomic mass is 10.1. The first kappa shape index (κ1) is 18.8. The summed E-state index contributed by atoms with van der Waals surface area (Å²) >= 11 is 0. The van der Waals surface area contributed by atoms with Crippen LogP contribution in [-0.2, 0) is 21.7 Å². The van der Waals surface area contributed by atoms with Gasteiger partial charge in [0, 0.05) is 43.3 Å². The van der Waals surface area contributed by atoms with Crippen molar-refractivity contribution in [2.45, 2.75) is 18.9 Å². The predicted octanol–water partition coefficient (Wildman–Crippen LogP) is 2.40. The van der Waals surface area contributed by atoms with E-state index in [1.807, 2.05) is 17.8 Å². The molecule has 1 N–H and O–H groups in total. The molecule has 27 heavy (non-hydrogen) atoms. The van der Waals surface area contributed by atoms with E-state index in [0.717, 1.165) is 10.9 Å². The first-order valence-corrected chi connectivity index (χ1v) is 9.92. The second-order valence-corrected chi connectivity index (χ2v) is 8.28. The Kier molecular flexibility index (Phi) is 4.88. The quantitative estimate of drug-likeness (QED) is 0.720. The Labute approximate surface area is 157 Å². The number of amides is 1. The molecular weight excluding hydrogens is 368 g/mol. The van der Waals surface area contributed by atoms with E-state index in [9.17, 15) is 13.2 Å². The van der Waals surface area contributed by atoms with Crippen LogP contribution < -0.4 is 10.1 Å². The summed E-state index contributed by atoms with van der Waals surface area (Å²) in [6.45, 7) is 2.97. The van der Waals surface area contributed by atoms with Crippen LogP contribution in [0.2, 0.25) is 0 Å². The number of aromatic nitrogens is 3. The molecule has 0 bridgehead atoms. The molecule has 1 amide bonds. The summed E-state index contributed by atoms with van der Waals surface area (Å²) in [4.78, 5) is 19.9. The van der Waals surface area contributed by atoms with Gasteiger partial charge in [0.25, 0.3) is 0 Å². The zero-order valence-electron chi connectivity index (χ0n) is 15.5. The van der Waals surface area contributed by atoms with Crippen LogP contribution in [0.15, 0.2) is 35.6 Å². The van der Waals surface area contributed by atoms with Crippen molar-refractivity contribution in [1.82, 2.24) is 14.5 Å². The Morgan fingerprint density at radius 1 is 1.30 bits per heavy atom. The molecule has 0 aromatic carbocycles. The van der Waals surface area contributed by atoms with Crippen LogP contribution in [0, 0.1) is 0 Å². The van der Waals surface area contributed by atoms with Crippen molar-refractivity contribution in [3.63, 3.8) is 0 Å². The van der Waals surface area contributed by atoms with E-state index in [-0.39, 0.29) is 16.7 Å². The van der Waals surface area contributed by atoms with Gasteiger partial charge < -0.3 is 14.6 Å². The van der Waals surface area contributed by atoms with Crippen LogP contribution in [0.4, 0.5) is 5.82 Å². The number of pyridine rings is 2. The number of hydrogen-bond acceptors (Lipinski definition) is 6. The van der Waals surface area contributed by atoms with Gasteiger partial charge >= 0.3 is 0 Å². The topological polar surface area (TPSA) is 103 Å². The lowest BCUT2D eigenvalue weighted by Crippen LogP contribution is -2.07. The average Bonchev–Trinajstić information content (AvgIpc) is 2.97. The second-order valence-electron chi connectivity index (χ2n) is 6.06. The molecule has 0 aliphatic carbocycles. The van der Waals surface area contributed by atoms with Gasteiger partial charge in [0.1, 0.15) is 11.6 Å². The summed E-state index contributed by atoms with van der Waals surface area (Å²) in [5.74, 6) is 0.528. The number of fused-ring (bicyclic) bond motifs is 1. The molecular formula is C18H20N4O4S. The van der Waals surface area contributed by atoms with Crippen LogP contribution in [-0.4, -0.2) is 41.7 Å². The van der Waals surface area contributed by atoms with Gasteiger partial charge in [-0.3, -0.25) is 4.79 Å². The Morgan fingerprint density at radius 2 is 2.04 bits per heavy atom. The van der Waals surface area contributed by atoms with Crippen LogP contribution >= 0.6 is 0 Å². The fraction of sp³-hybridized carbons (Fsp3) is 0.278. The Morgan fingerprint density at radius 3 is 2.67 bits per heavy atom. The number of sulfone groups is 1. The predicted molar refractivity (Wildman–Crippen MR) is 103 cm³/mol. The number of carbonyl (C=O) groups is 1. The van der Waals surface area contributed by atoms with Gasteiger partial charge in [0.05, 0.1) is 30.3 Å². The smallest absolute Gasteiger partial charge is 0.222 e. The monoisotopic (exact) mass is 388 g/mol. The lowest BCUT2D eigenvalue weighted by molar-refractivity contribution is -0.114. The standard InChI is InChI=1S/C18H20N4O4S/c1-5-27(24,25)18-7-12(26-4)6-15(21-18)14-10-22(3)16-9-19-17(8-13(14)16)20-11(2)23/h6-10H,5H2,1-4H3,(H,19,20,23). The maximum absolute atomic E-state index is 12.3. The summed E-state index contributed by atoms with van der Waals surface area (Å²) in [6.07, 6.45) is 3.49. The minimum atomic E-state index is -3.50. The molecule has 0 aliphatic heterocycles. The zero-order chi connectivity index (χ0) is 19.8. The number of rotatable bonds is 5. The van der Waals surface area contributed by atoms with Gasteiger partial charge in [0.2, 0.25) is 5.91 Å². The first-order valence-electron chi connectivity index (χ1n) is 8.27. The minimum Gasteiger partial charge on any atom is -0.497 e. The fourth-order valence-electron chi connectivity index (χ4n) is 2.77. The third kappa shape index (κ3) is 3.63. The van der Waals surface area contributed by atoms with Crippen molar-refractivity contribution < 1.29 is 17.9 Å². The number of nitrogens with one attached hydrogen (secondary N) is 1. The maximum atomic E-state index is 12.3. The number of hydrogen-bond donors (Lipinski definition) is 1. The highest BCUT2D eigenvalue weighted by molar-refractivity contribution is 7.91. The summed E-state index contributed by atoms with van der Waals surface area (Å²) in [5.41, 5.74) is 2.00. The van der Waals surface area contributed by atoms with Crippen LogP contribution in [0.25, 0.3) is 22.2 Å². The summed E-state index contributed by atoms with van der Waals surface area (Å²) in [7, 11) is -0.167. The molecule has 0 atom stereocenters. The molecule has 3 aromatic rings. The third-order valence-corrected chi connectivity index (χ3v) is 5.77. The molecule has 142 valence electrons. The molecule has 0 spiro atoms. The highest BCUT2D eigenvalue weighted by Gasteiger charge is 2.19. The zero-order valence-corrected chi connectivity index (χ0v) is 16.3. The van der Waals surface area contributed by atoms with E-state index < -0.39 is 9.84 Å². The summed E-state index contributed by atoms with van der Waals surface area (Å²) in [5, 5.41) is 3.41. The number of carbonyl (C=O) groups excluding carboxylic acids is 1. The molecule has 0 unspecified atom stereocenters. The van der Waals surface area contributed by atoms with Crippen molar-refractivity contribution in [2.24, 2.45) is 7.05 Å². The number of ether oxygens (including phenoxy) is 1. The van der Waals surface area contributed by atoms with Gasteiger partial charge in [-0.15, -0.1) is 0 Å². The second kappa shape index (κ2) is 6.99. The van der Waals surface area contributed by atoms with Crippen molar-refractivity contribution in [3.8, 4) is 17.0 Å². The molecule has 3 aromatic heterocycles. The minimum absolute atomic E-state index is 0.0347. The number of methoxy groups -OCH3 is 1. The average molecular weight is 388 g/mol. The number of aryl methyl sites for hydroxylation is 1. The molecule has 0 saturated carbocycles. The highest BCUT2D eigenvalue weighted by Crippen LogP contribution is 2.33. The molecule has 3 heterocycles. The Hall–Kier alpha value is -2.94. The normalized spacial score (nSPS) is 11.6. The van der Waals surface area contributed by atoms with Crippen molar-refractivity contribution in [1.29, 1.82) is 0 Å². The summed E-state index contributed by atoms with van der Waals surface area (Å²) < 4.78 is 31.8. The van der Waals surface area contributed by atoms with Gasteiger partial charge in [-0.05, 0) is 6.07 Å². The van der Waals surface area contributed by atoms with Crippen molar-refractivity contribution >= 4 is 32.5 Å². The molecule has 9 heteroatoms. The van der Waals surface area contributed by atoms with Gasteiger partial charge in [-0.25, -0.2) is 18.4 Å². The third-order valence-electron chi connectivity index (χ3n) is 4.17. The molecule has 0 fully saturated rings. The van der Waals surface area contributed by atoms with Gasteiger partial charge in [-0.1, -0.05) is 6.92 Å².